The number of carbonyl (C=O) groups is 2. The van der Waals surface area contributed by atoms with Crippen molar-refractivity contribution in [3.63, 3.8) is 0 Å². The number of nitrogens with zero attached hydrogens (tertiary/aromatic N) is 1. The van der Waals surface area contributed by atoms with Crippen LogP contribution < -0.4 is 25.8 Å². The molecule has 1 saturated carbocycles. The number of aromatic nitrogens is 1. The Morgan fingerprint density at radius 3 is 2.65 bits per heavy atom. The molecule has 1 aliphatic rings. The SMILES string of the molecule is Cc1c(NC(=O)NC2CC2)cc(F)c(Oc2ccnc3cc(OCCF)c(C(N)=O)cc23)c1F. The number of nitrogens with two attached hydrogens (primary N) is 1. The van der Waals surface area contributed by atoms with E-state index in [0.717, 1.165) is 18.9 Å². The normalized spacial score (nSPS) is 12.9. The molecule has 1 fully saturated rings. The predicted molar refractivity (Wildman–Crippen MR) is 118 cm³/mol. The summed E-state index contributed by atoms with van der Waals surface area (Å²) in [6.45, 7) is 0.299. The topological polar surface area (TPSA) is 116 Å². The third-order valence-electron chi connectivity index (χ3n) is 5.20. The van der Waals surface area contributed by atoms with Crippen molar-refractivity contribution in [1.29, 1.82) is 0 Å². The Morgan fingerprint density at radius 1 is 1.21 bits per heavy atom. The molecule has 1 aliphatic carbocycles. The van der Waals surface area contributed by atoms with E-state index in [1.54, 1.807) is 0 Å². The van der Waals surface area contributed by atoms with Gasteiger partial charge in [-0.3, -0.25) is 9.78 Å². The monoisotopic (exact) mass is 474 g/mol. The van der Waals surface area contributed by atoms with Crippen LogP contribution in [0, 0.1) is 18.6 Å². The first-order valence-corrected chi connectivity index (χ1v) is 10.4. The number of amides is 3. The van der Waals surface area contributed by atoms with E-state index in [9.17, 15) is 18.4 Å². The van der Waals surface area contributed by atoms with E-state index in [1.165, 1.54) is 31.3 Å². The van der Waals surface area contributed by atoms with E-state index in [0.29, 0.717) is 0 Å². The molecule has 34 heavy (non-hydrogen) atoms. The van der Waals surface area contributed by atoms with Crippen LogP contribution in [0.1, 0.15) is 28.8 Å². The molecular weight excluding hydrogens is 453 g/mol. The number of benzene rings is 2. The standard InChI is InChI=1S/C23H21F3N4O4/c1-11-16(30-23(32)29-12-2-3-12)9-15(25)21(20(11)26)34-18-4-6-28-17-10-19(33-7-5-24)14(22(27)31)8-13(17)18/h4,6,8-10,12H,2-3,5,7H2,1H3,(H2,27,31)(H2,29,30,32). The molecule has 0 bridgehead atoms. The Labute approximate surface area is 192 Å². The Hall–Kier alpha value is -4.02. The maximum absolute atomic E-state index is 15.1. The van der Waals surface area contributed by atoms with Crippen molar-refractivity contribution in [2.45, 2.75) is 25.8 Å². The fourth-order valence-corrected chi connectivity index (χ4v) is 3.30. The number of hydrogen-bond donors (Lipinski definition) is 3. The zero-order valence-corrected chi connectivity index (χ0v) is 18.1. The minimum absolute atomic E-state index is 0.00562. The van der Waals surface area contributed by atoms with Crippen LogP contribution in [0.3, 0.4) is 0 Å². The van der Waals surface area contributed by atoms with E-state index < -0.39 is 36.0 Å². The molecule has 3 amide bonds. The van der Waals surface area contributed by atoms with Gasteiger partial charge in [-0.1, -0.05) is 0 Å². The second kappa shape index (κ2) is 9.46. The lowest BCUT2D eigenvalue weighted by Gasteiger charge is -2.16. The molecule has 1 aromatic heterocycles. The molecule has 8 nitrogen and oxygen atoms in total. The third-order valence-corrected chi connectivity index (χ3v) is 5.20. The zero-order chi connectivity index (χ0) is 24.4. The van der Waals surface area contributed by atoms with E-state index in [4.69, 9.17) is 15.2 Å². The van der Waals surface area contributed by atoms with Gasteiger partial charge in [0.25, 0.3) is 5.91 Å². The number of alkyl halides is 1. The summed E-state index contributed by atoms with van der Waals surface area (Å²) in [5.41, 5.74) is 5.54. The maximum atomic E-state index is 15.1. The van der Waals surface area contributed by atoms with Gasteiger partial charge in [-0.2, -0.15) is 0 Å². The van der Waals surface area contributed by atoms with Gasteiger partial charge in [0.1, 0.15) is 24.8 Å². The Bertz CT molecular complexity index is 1280. The lowest BCUT2D eigenvalue weighted by atomic mass is 10.1. The van der Waals surface area contributed by atoms with E-state index >= 15 is 4.39 Å². The Kier molecular flexibility index (Phi) is 6.44. The van der Waals surface area contributed by atoms with E-state index in [-0.39, 0.29) is 51.9 Å². The number of fused-ring (bicyclic) bond motifs is 1. The van der Waals surface area contributed by atoms with Crippen LogP contribution >= 0.6 is 0 Å². The number of ether oxygens (including phenoxy) is 2. The van der Waals surface area contributed by atoms with Crippen molar-refractivity contribution in [3.8, 4) is 17.2 Å². The highest BCUT2D eigenvalue weighted by atomic mass is 19.1. The summed E-state index contributed by atoms with van der Waals surface area (Å²) in [7, 11) is 0. The summed E-state index contributed by atoms with van der Waals surface area (Å²) in [5, 5.41) is 5.34. The van der Waals surface area contributed by atoms with Crippen LogP contribution in [-0.2, 0) is 0 Å². The van der Waals surface area contributed by atoms with Gasteiger partial charge in [0, 0.05) is 35.3 Å². The summed E-state index contributed by atoms with van der Waals surface area (Å²) in [6.07, 6.45) is 3.06. The number of primary amides is 1. The van der Waals surface area contributed by atoms with Crippen LogP contribution in [0.15, 0.2) is 30.5 Å². The average Bonchev–Trinajstić information content (AvgIpc) is 3.61. The lowest BCUT2D eigenvalue weighted by Crippen LogP contribution is -2.30. The molecule has 2 aromatic carbocycles. The van der Waals surface area contributed by atoms with Crippen molar-refractivity contribution in [2.75, 3.05) is 18.6 Å². The molecule has 4 N–H and O–H groups in total. The Morgan fingerprint density at radius 2 is 1.97 bits per heavy atom. The number of anilines is 1. The molecule has 0 saturated heterocycles. The zero-order valence-electron chi connectivity index (χ0n) is 18.1. The molecule has 0 atom stereocenters. The number of urea groups is 1. The van der Waals surface area contributed by atoms with Gasteiger partial charge in [-0.25, -0.2) is 18.0 Å². The Balaban J connectivity index is 1.69. The number of pyridine rings is 1. The van der Waals surface area contributed by atoms with Crippen LogP contribution in [0.4, 0.5) is 23.7 Å². The summed E-state index contributed by atoms with van der Waals surface area (Å²) in [6, 6.07) is 4.50. The average molecular weight is 474 g/mol. The number of hydrogen-bond acceptors (Lipinski definition) is 5. The highest BCUT2D eigenvalue weighted by Crippen LogP contribution is 2.37. The van der Waals surface area contributed by atoms with Gasteiger partial charge < -0.3 is 25.8 Å². The summed E-state index contributed by atoms with van der Waals surface area (Å²) < 4.78 is 53.2. The van der Waals surface area contributed by atoms with E-state index in [1.807, 2.05) is 0 Å². The lowest BCUT2D eigenvalue weighted by molar-refractivity contribution is 0.0996. The van der Waals surface area contributed by atoms with E-state index in [2.05, 4.69) is 15.6 Å². The molecule has 1 heterocycles. The van der Waals surface area contributed by atoms with Crippen molar-refractivity contribution in [3.05, 3.63) is 53.2 Å². The number of rotatable bonds is 8. The largest absolute Gasteiger partial charge is 0.490 e. The second-order valence-corrected chi connectivity index (χ2v) is 7.73. The molecule has 0 aliphatic heterocycles. The molecular formula is C23H21F3N4O4. The summed E-state index contributed by atoms with van der Waals surface area (Å²) >= 11 is 0. The first kappa shape index (κ1) is 23.1. The molecule has 0 unspecified atom stereocenters. The summed E-state index contributed by atoms with van der Waals surface area (Å²) in [4.78, 5) is 28.0. The van der Waals surface area contributed by atoms with Crippen molar-refractivity contribution < 1.29 is 32.2 Å². The highest BCUT2D eigenvalue weighted by molar-refractivity contribution is 6.01. The molecule has 4 rings (SSSR count). The number of carbonyl (C=O) groups excluding carboxylic acids is 2. The first-order chi connectivity index (χ1) is 16.3. The highest BCUT2D eigenvalue weighted by Gasteiger charge is 2.25. The fourth-order valence-electron chi connectivity index (χ4n) is 3.30. The molecule has 3 aromatic rings. The van der Waals surface area contributed by atoms with Crippen molar-refractivity contribution in [1.82, 2.24) is 10.3 Å². The first-order valence-electron chi connectivity index (χ1n) is 10.4. The quantitative estimate of drug-likeness (QED) is 0.449. The minimum Gasteiger partial charge on any atom is -0.490 e. The molecule has 0 spiro atoms. The second-order valence-electron chi connectivity index (χ2n) is 7.73. The van der Waals surface area contributed by atoms with Gasteiger partial charge in [0.05, 0.1) is 16.8 Å². The van der Waals surface area contributed by atoms with Crippen LogP contribution in [0.25, 0.3) is 10.9 Å². The van der Waals surface area contributed by atoms with Crippen LogP contribution in [-0.4, -0.2) is 36.2 Å². The van der Waals surface area contributed by atoms with Crippen molar-refractivity contribution >= 4 is 28.5 Å². The maximum Gasteiger partial charge on any atom is 0.319 e. The molecule has 11 heteroatoms. The third kappa shape index (κ3) is 4.82. The van der Waals surface area contributed by atoms with Gasteiger partial charge in [-0.05, 0) is 31.9 Å². The number of halogens is 3. The molecule has 178 valence electrons. The van der Waals surface area contributed by atoms with Crippen LogP contribution in [0.2, 0.25) is 0 Å². The fraction of sp³-hybridized carbons (Fsp3) is 0.261. The summed E-state index contributed by atoms with van der Waals surface area (Å²) in [5.74, 6) is -3.59. The van der Waals surface area contributed by atoms with Crippen LogP contribution in [0.5, 0.6) is 17.2 Å². The van der Waals surface area contributed by atoms with Gasteiger partial charge >= 0.3 is 6.03 Å². The van der Waals surface area contributed by atoms with Gasteiger partial charge in [0.2, 0.25) is 0 Å². The number of nitrogens with one attached hydrogen (secondary N) is 2. The molecule has 0 radical (unpaired) electrons. The minimum atomic E-state index is -1.05. The predicted octanol–water partition coefficient (Wildman–Crippen LogP) is 4.34. The smallest absolute Gasteiger partial charge is 0.319 e. The van der Waals surface area contributed by atoms with Gasteiger partial charge in [-0.15, -0.1) is 0 Å². The van der Waals surface area contributed by atoms with Gasteiger partial charge in [0.15, 0.2) is 17.4 Å². The van der Waals surface area contributed by atoms with Crippen molar-refractivity contribution in [2.24, 2.45) is 5.73 Å².